The minimum Gasteiger partial charge on any atom is -0.385 e. The third-order valence-electron chi connectivity index (χ3n) is 3.66. The lowest BCUT2D eigenvalue weighted by molar-refractivity contribution is -0.126. The van der Waals surface area contributed by atoms with Crippen LogP contribution in [0.5, 0.6) is 0 Å². The number of anilines is 1. The van der Waals surface area contributed by atoms with Gasteiger partial charge in [-0.25, -0.2) is 4.79 Å². The molecule has 0 saturated carbocycles. The molecular weight excluding hydrogens is 302 g/mol. The first kappa shape index (κ1) is 16.8. The summed E-state index contributed by atoms with van der Waals surface area (Å²) in [7, 11) is 1.65. The van der Waals surface area contributed by atoms with E-state index >= 15 is 0 Å². The highest BCUT2D eigenvalue weighted by Crippen LogP contribution is 2.20. The maximum absolute atomic E-state index is 12.2. The van der Waals surface area contributed by atoms with E-state index < -0.39 is 0 Å². The van der Waals surface area contributed by atoms with Crippen molar-refractivity contribution in [2.24, 2.45) is 5.92 Å². The number of hydrogen-bond acceptors (Lipinski definition) is 4. The summed E-state index contributed by atoms with van der Waals surface area (Å²) in [6.45, 7) is 2.43. The number of likely N-dealkylation sites (tertiary alicyclic amines) is 1. The highest BCUT2D eigenvalue weighted by molar-refractivity contribution is 7.14. The third kappa shape index (κ3) is 4.99. The monoisotopic (exact) mass is 325 g/mol. The molecule has 1 aliphatic heterocycles. The summed E-state index contributed by atoms with van der Waals surface area (Å²) in [6.07, 6.45) is 2.49. The van der Waals surface area contributed by atoms with E-state index in [1.54, 1.807) is 12.0 Å². The molecule has 7 heteroatoms. The highest BCUT2D eigenvalue weighted by atomic mass is 32.1. The van der Waals surface area contributed by atoms with Crippen molar-refractivity contribution in [1.29, 1.82) is 0 Å². The number of rotatable bonds is 6. The summed E-state index contributed by atoms with van der Waals surface area (Å²) >= 11 is 1.49. The molecule has 1 atom stereocenters. The second-order valence-electron chi connectivity index (χ2n) is 5.33. The smallest absolute Gasteiger partial charge is 0.322 e. The normalized spacial score (nSPS) is 18.0. The third-order valence-corrected chi connectivity index (χ3v) is 4.44. The van der Waals surface area contributed by atoms with E-state index in [-0.39, 0.29) is 17.9 Å². The molecular formula is C15H23N3O3S. The van der Waals surface area contributed by atoms with Crippen LogP contribution >= 0.6 is 11.3 Å². The van der Waals surface area contributed by atoms with E-state index in [1.165, 1.54) is 11.3 Å². The van der Waals surface area contributed by atoms with Crippen LogP contribution in [0.2, 0.25) is 0 Å². The van der Waals surface area contributed by atoms with E-state index in [2.05, 4.69) is 10.6 Å². The molecule has 0 aliphatic carbocycles. The van der Waals surface area contributed by atoms with Crippen LogP contribution in [-0.4, -0.2) is 50.2 Å². The predicted octanol–water partition coefficient (Wildman–Crippen LogP) is 2.14. The SMILES string of the molecule is COCCCNC(=O)C1CCCN(C(=O)Nc2cccs2)C1. The number of urea groups is 1. The van der Waals surface area contributed by atoms with Gasteiger partial charge in [-0.1, -0.05) is 0 Å². The fraction of sp³-hybridized carbons (Fsp3) is 0.600. The summed E-state index contributed by atoms with van der Waals surface area (Å²) in [4.78, 5) is 26.1. The van der Waals surface area contributed by atoms with Crippen molar-refractivity contribution >= 4 is 28.3 Å². The Morgan fingerprint density at radius 1 is 1.50 bits per heavy atom. The molecule has 1 unspecified atom stereocenters. The van der Waals surface area contributed by atoms with Crippen LogP contribution in [0, 0.1) is 5.92 Å². The summed E-state index contributed by atoms with van der Waals surface area (Å²) in [5.41, 5.74) is 0. The lowest BCUT2D eigenvalue weighted by Crippen LogP contribution is -2.47. The largest absolute Gasteiger partial charge is 0.385 e. The van der Waals surface area contributed by atoms with Crippen LogP contribution in [0.25, 0.3) is 0 Å². The van der Waals surface area contributed by atoms with Crippen molar-refractivity contribution in [1.82, 2.24) is 10.2 Å². The summed E-state index contributed by atoms with van der Waals surface area (Å²) in [6, 6.07) is 3.64. The van der Waals surface area contributed by atoms with Gasteiger partial charge in [0.1, 0.15) is 0 Å². The zero-order valence-corrected chi connectivity index (χ0v) is 13.7. The van der Waals surface area contributed by atoms with Crippen LogP contribution < -0.4 is 10.6 Å². The number of methoxy groups -OCH3 is 1. The standard InChI is InChI=1S/C15H23N3O3S/c1-21-9-4-7-16-14(19)12-5-2-8-18(11-12)15(20)17-13-6-3-10-22-13/h3,6,10,12H,2,4-5,7-9,11H2,1H3,(H,16,19)(H,17,20). The quantitative estimate of drug-likeness (QED) is 0.787. The van der Waals surface area contributed by atoms with Gasteiger partial charge in [0.15, 0.2) is 0 Å². The number of nitrogens with one attached hydrogen (secondary N) is 2. The van der Waals surface area contributed by atoms with Crippen LogP contribution in [0.15, 0.2) is 17.5 Å². The van der Waals surface area contributed by atoms with Gasteiger partial charge < -0.3 is 15.0 Å². The molecule has 0 radical (unpaired) electrons. The number of nitrogens with zero attached hydrogens (tertiary/aromatic N) is 1. The van der Waals surface area contributed by atoms with E-state index in [1.807, 2.05) is 17.5 Å². The molecule has 0 spiro atoms. The number of carbonyl (C=O) groups excluding carboxylic acids is 2. The fourth-order valence-corrected chi connectivity index (χ4v) is 3.09. The van der Waals surface area contributed by atoms with E-state index in [4.69, 9.17) is 4.74 Å². The van der Waals surface area contributed by atoms with Crippen molar-refractivity contribution < 1.29 is 14.3 Å². The molecule has 22 heavy (non-hydrogen) atoms. The molecule has 2 rings (SSSR count). The predicted molar refractivity (Wildman–Crippen MR) is 87.1 cm³/mol. The van der Waals surface area contributed by atoms with Crippen molar-refractivity contribution in [3.05, 3.63) is 17.5 Å². The van der Waals surface area contributed by atoms with Crippen molar-refractivity contribution in [2.75, 3.05) is 38.7 Å². The minimum absolute atomic E-state index is 0.0322. The van der Waals surface area contributed by atoms with Gasteiger partial charge in [0.05, 0.1) is 10.9 Å². The maximum Gasteiger partial charge on any atom is 0.322 e. The Balaban J connectivity index is 1.78. The first-order valence-corrected chi connectivity index (χ1v) is 8.44. The number of hydrogen-bond donors (Lipinski definition) is 2. The lowest BCUT2D eigenvalue weighted by Gasteiger charge is -2.31. The second-order valence-corrected chi connectivity index (χ2v) is 6.28. The maximum atomic E-state index is 12.2. The lowest BCUT2D eigenvalue weighted by atomic mass is 9.97. The molecule has 6 nitrogen and oxygen atoms in total. The van der Waals surface area contributed by atoms with Crippen LogP contribution in [0.4, 0.5) is 9.80 Å². The van der Waals surface area contributed by atoms with Crippen molar-refractivity contribution in [2.45, 2.75) is 19.3 Å². The molecule has 3 amide bonds. The van der Waals surface area contributed by atoms with Gasteiger partial charge in [-0.15, -0.1) is 11.3 Å². The molecule has 0 bridgehead atoms. The Morgan fingerprint density at radius 2 is 2.36 bits per heavy atom. The second kappa shape index (κ2) is 8.75. The summed E-state index contributed by atoms with van der Waals surface area (Å²) in [5.74, 6) is -0.0879. The molecule has 0 aromatic carbocycles. The molecule has 2 heterocycles. The highest BCUT2D eigenvalue weighted by Gasteiger charge is 2.28. The summed E-state index contributed by atoms with van der Waals surface area (Å²) in [5, 5.41) is 8.53. The van der Waals surface area contributed by atoms with E-state index in [0.29, 0.717) is 26.2 Å². The number of ether oxygens (including phenoxy) is 1. The Labute approximate surface area is 134 Å². The molecule has 1 aromatic heterocycles. The van der Waals surface area contributed by atoms with Gasteiger partial charge in [0, 0.05) is 33.4 Å². The molecule has 1 saturated heterocycles. The number of piperidine rings is 1. The van der Waals surface area contributed by atoms with Crippen LogP contribution in [-0.2, 0) is 9.53 Å². The van der Waals surface area contributed by atoms with Gasteiger partial charge in [0.2, 0.25) is 5.91 Å². The van der Waals surface area contributed by atoms with Gasteiger partial charge in [-0.2, -0.15) is 0 Å². The zero-order chi connectivity index (χ0) is 15.8. The van der Waals surface area contributed by atoms with Gasteiger partial charge in [-0.3, -0.25) is 10.1 Å². The number of carbonyl (C=O) groups is 2. The molecule has 1 aromatic rings. The minimum atomic E-state index is -0.126. The van der Waals surface area contributed by atoms with E-state index in [9.17, 15) is 9.59 Å². The first-order valence-electron chi connectivity index (χ1n) is 7.57. The van der Waals surface area contributed by atoms with Gasteiger partial charge in [-0.05, 0) is 36.8 Å². The van der Waals surface area contributed by atoms with Gasteiger partial charge >= 0.3 is 6.03 Å². The Bertz CT molecular complexity index is 478. The van der Waals surface area contributed by atoms with Crippen LogP contribution in [0.1, 0.15) is 19.3 Å². The van der Waals surface area contributed by atoms with Gasteiger partial charge in [0.25, 0.3) is 0 Å². The zero-order valence-electron chi connectivity index (χ0n) is 12.8. The molecule has 122 valence electrons. The molecule has 1 fully saturated rings. The molecule has 2 N–H and O–H groups in total. The topological polar surface area (TPSA) is 70.7 Å². The average molecular weight is 325 g/mol. The average Bonchev–Trinajstić information content (AvgIpc) is 3.04. The molecule has 1 aliphatic rings. The Hall–Kier alpha value is -1.60. The van der Waals surface area contributed by atoms with Crippen molar-refractivity contribution in [3.63, 3.8) is 0 Å². The fourth-order valence-electron chi connectivity index (χ4n) is 2.48. The van der Waals surface area contributed by atoms with Crippen LogP contribution in [0.3, 0.4) is 0 Å². The first-order chi connectivity index (χ1) is 10.7. The number of thiophene rings is 1. The Kier molecular flexibility index (Phi) is 6.67. The Morgan fingerprint density at radius 3 is 3.09 bits per heavy atom. The van der Waals surface area contributed by atoms with E-state index in [0.717, 1.165) is 24.3 Å². The number of amides is 3. The summed E-state index contributed by atoms with van der Waals surface area (Å²) < 4.78 is 4.96. The van der Waals surface area contributed by atoms with Crippen molar-refractivity contribution in [3.8, 4) is 0 Å².